The summed E-state index contributed by atoms with van der Waals surface area (Å²) in [6, 6.07) is 21.7. The first-order chi connectivity index (χ1) is 12.8. The van der Waals surface area contributed by atoms with Gasteiger partial charge in [-0.1, -0.05) is 54.6 Å². The van der Waals surface area contributed by atoms with E-state index in [4.69, 9.17) is 9.47 Å². The minimum absolute atomic E-state index is 0.152. The maximum Gasteiger partial charge on any atom is 0.244 e. The molecule has 1 N–H and O–H groups in total. The van der Waals surface area contributed by atoms with Gasteiger partial charge in [0.05, 0.1) is 6.54 Å². The predicted molar refractivity (Wildman–Crippen MR) is 102 cm³/mol. The zero-order valence-electron chi connectivity index (χ0n) is 14.2. The number of ether oxygens (including phenoxy) is 2. The normalized spacial score (nSPS) is 15.9. The van der Waals surface area contributed by atoms with Gasteiger partial charge < -0.3 is 14.8 Å². The van der Waals surface area contributed by atoms with Crippen LogP contribution < -0.4 is 14.8 Å². The number of para-hydroxylation sites is 2. The second-order valence-electron chi connectivity index (χ2n) is 6.14. The first kappa shape index (κ1) is 16.2. The van der Waals surface area contributed by atoms with Crippen molar-refractivity contribution in [2.75, 3.05) is 13.2 Å². The van der Waals surface area contributed by atoms with E-state index in [0.29, 0.717) is 18.9 Å². The Morgan fingerprint density at radius 1 is 1.00 bits per heavy atom. The van der Waals surface area contributed by atoms with Gasteiger partial charge in [0.15, 0.2) is 11.5 Å². The van der Waals surface area contributed by atoms with Crippen molar-refractivity contribution < 1.29 is 14.3 Å². The topological polar surface area (TPSA) is 47.6 Å². The lowest BCUT2D eigenvalue weighted by Gasteiger charge is -2.26. The van der Waals surface area contributed by atoms with Crippen LogP contribution in [0, 0.1) is 0 Å². The van der Waals surface area contributed by atoms with E-state index in [1.807, 2.05) is 54.6 Å². The molecule has 1 aliphatic rings. The Bertz CT molecular complexity index is 959. The molecular weight excluding hydrogens is 326 g/mol. The standard InChI is InChI=1S/C22H19NO3/c24-22(13-12-17-8-5-7-16-6-1-2-9-19(16)17)23-14-18-15-25-20-10-3-4-11-21(20)26-18/h1-13,18H,14-15H2,(H,23,24)/b13-12-/t18-/m0/s1. The summed E-state index contributed by atoms with van der Waals surface area (Å²) >= 11 is 0. The van der Waals surface area contributed by atoms with E-state index in [1.54, 1.807) is 6.08 Å². The summed E-state index contributed by atoms with van der Waals surface area (Å²) in [5.74, 6) is 1.30. The van der Waals surface area contributed by atoms with Crippen molar-refractivity contribution in [1.29, 1.82) is 0 Å². The minimum atomic E-state index is -0.195. The number of amides is 1. The van der Waals surface area contributed by atoms with Gasteiger partial charge >= 0.3 is 0 Å². The smallest absolute Gasteiger partial charge is 0.244 e. The van der Waals surface area contributed by atoms with Crippen molar-refractivity contribution in [3.63, 3.8) is 0 Å². The summed E-state index contributed by atoms with van der Waals surface area (Å²) in [6.45, 7) is 0.817. The van der Waals surface area contributed by atoms with Gasteiger partial charge in [-0.15, -0.1) is 0 Å². The number of hydrogen-bond donors (Lipinski definition) is 1. The summed E-state index contributed by atoms with van der Waals surface area (Å²) in [5.41, 5.74) is 1.02. The number of carbonyl (C=O) groups excluding carboxylic acids is 1. The van der Waals surface area contributed by atoms with E-state index in [1.165, 1.54) is 0 Å². The Balaban J connectivity index is 1.36. The van der Waals surface area contributed by atoms with E-state index >= 15 is 0 Å². The zero-order chi connectivity index (χ0) is 17.8. The van der Waals surface area contributed by atoms with Crippen LogP contribution in [0.15, 0.2) is 72.8 Å². The largest absolute Gasteiger partial charge is 0.486 e. The second-order valence-corrected chi connectivity index (χ2v) is 6.14. The third-order valence-electron chi connectivity index (χ3n) is 4.31. The molecule has 4 heteroatoms. The first-order valence-corrected chi connectivity index (χ1v) is 8.62. The molecule has 3 aromatic carbocycles. The van der Waals surface area contributed by atoms with Crippen LogP contribution in [-0.4, -0.2) is 25.2 Å². The molecule has 1 heterocycles. The molecule has 3 aromatic rings. The third kappa shape index (κ3) is 3.54. The molecule has 1 atom stereocenters. The van der Waals surface area contributed by atoms with Crippen molar-refractivity contribution in [2.45, 2.75) is 6.10 Å². The lowest BCUT2D eigenvalue weighted by Crippen LogP contribution is -2.40. The van der Waals surface area contributed by atoms with Crippen LogP contribution in [-0.2, 0) is 4.79 Å². The van der Waals surface area contributed by atoms with Crippen molar-refractivity contribution in [2.24, 2.45) is 0 Å². The molecule has 26 heavy (non-hydrogen) atoms. The quantitative estimate of drug-likeness (QED) is 0.732. The molecule has 0 saturated heterocycles. The lowest BCUT2D eigenvalue weighted by molar-refractivity contribution is -0.116. The molecule has 0 fully saturated rings. The zero-order valence-corrected chi connectivity index (χ0v) is 14.2. The van der Waals surface area contributed by atoms with Gasteiger partial charge in [0.25, 0.3) is 0 Å². The Morgan fingerprint density at radius 2 is 1.77 bits per heavy atom. The number of carbonyl (C=O) groups is 1. The van der Waals surface area contributed by atoms with Crippen molar-refractivity contribution >= 4 is 22.8 Å². The molecule has 1 aliphatic heterocycles. The Kier molecular flexibility index (Phi) is 4.56. The highest BCUT2D eigenvalue weighted by atomic mass is 16.6. The molecular formula is C22H19NO3. The summed E-state index contributed by atoms with van der Waals surface area (Å²) in [4.78, 5) is 12.1. The van der Waals surface area contributed by atoms with Crippen molar-refractivity contribution in [1.82, 2.24) is 5.32 Å². The highest BCUT2D eigenvalue weighted by molar-refractivity contribution is 5.96. The van der Waals surface area contributed by atoms with Crippen LogP contribution >= 0.6 is 0 Å². The van der Waals surface area contributed by atoms with Gasteiger partial charge in [-0.05, 0) is 34.5 Å². The highest BCUT2D eigenvalue weighted by Gasteiger charge is 2.20. The minimum Gasteiger partial charge on any atom is -0.486 e. The van der Waals surface area contributed by atoms with Gasteiger partial charge in [-0.3, -0.25) is 4.79 Å². The van der Waals surface area contributed by atoms with Gasteiger partial charge in [0.2, 0.25) is 5.91 Å². The highest BCUT2D eigenvalue weighted by Crippen LogP contribution is 2.30. The predicted octanol–water partition coefficient (Wildman–Crippen LogP) is 3.81. The first-order valence-electron chi connectivity index (χ1n) is 8.62. The van der Waals surface area contributed by atoms with Crippen LogP contribution in [0.4, 0.5) is 0 Å². The number of benzene rings is 3. The average Bonchev–Trinajstić information content (AvgIpc) is 2.70. The van der Waals surface area contributed by atoms with E-state index in [2.05, 4.69) is 23.5 Å². The molecule has 0 spiro atoms. The van der Waals surface area contributed by atoms with Gasteiger partial charge in [-0.25, -0.2) is 0 Å². The lowest BCUT2D eigenvalue weighted by atomic mass is 10.0. The molecule has 0 saturated carbocycles. The van der Waals surface area contributed by atoms with Crippen LogP contribution in [0.1, 0.15) is 5.56 Å². The second kappa shape index (κ2) is 7.31. The van der Waals surface area contributed by atoms with E-state index < -0.39 is 0 Å². The molecule has 0 bridgehead atoms. The average molecular weight is 345 g/mol. The summed E-state index contributed by atoms with van der Waals surface area (Å²) in [6.07, 6.45) is 3.20. The van der Waals surface area contributed by atoms with Crippen LogP contribution in [0.2, 0.25) is 0 Å². The monoisotopic (exact) mass is 345 g/mol. The SMILES string of the molecule is O=C(/C=C\c1cccc2ccccc12)NC[C@H]1COc2ccccc2O1. The molecule has 4 nitrogen and oxygen atoms in total. The fraction of sp³-hybridized carbons (Fsp3) is 0.136. The molecule has 0 unspecified atom stereocenters. The van der Waals surface area contributed by atoms with Gasteiger partial charge in [0, 0.05) is 6.08 Å². The number of nitrogens with one attached hydrogen (secondary N) is 1. The number of fused-ring (bicyclic) bond motifs is 2. The molecule has 1 amide bonds. The number of rotatable bonds is 4. The van der Waals surface area contributed by atoms with Gasteiger partial charge in [-0.2, -0.15) is 0 Å². The Labute approximate surface area is 152 Å². The molecule has 130 valence electrons. The van der Waals surface area contributed by atoms with E-state index in [9.17, 15) is 4.79 Å². The molecule has 4 rings (SSSR count). The Hall–Kier alpha value is -3.27. The van der Waals surface area contributed by atoms with Crippen LogP contribution in [0.25, 0.3) is 16.8 Å². The van der Waals surface area contributed by atoms with Crippen molar-refractivity contribution in [3.8, 4) is 11.5 Å². The van der Waals surface area contributed by atoms with Crippen molar-refractivity contribution in [3.05, 3.63) is 78.4 Å². The van der Waals surface area contributed by atoms with Crippen LogP contribution in [0.3, 0.4) is 0 Å². The number of hydrogen-bond acceptors (Lipinski definition) is 3. The van der Waals surface area contributed by atoms with Gasteiger partial charge in [0.1, 0.15) is 12.7 Å². The molecule has 0 aliphatic carbocycles. The maximum atomic E-state index is 12.1. The fourth-order valence-electron chi connectivity index (χ4n) is 3.00. The summed E-state index contributed by atoms with van der Waals surface area (Å²) in [7, 11) is 0. The fourth-order valence-corrected chi connectivity index (χ4v) is 3.00. The Morgan fingerprint density at radius 3 is 2.69 bits per heavy atom. The van der Waals surface area contributed by atoms with E-state index in [0.717, 1.165) is 22.1 Å². The van der Waals surface area contributed by atoms with Crippen LogP contribution in [0.5, 0.6) is 11.5 Å². The maximum absolute atomic E-state index is 12.1. The summed E-state index contributed by atoms with van der Waals surface area (Å²) < 4.78 is 11.5. The third-order valence-corrected chi connectivity index (χ3v) is 4.31. The molecule has 0 radical (unpaired) electrons. The summed E-state index contributed by atoms with van der Waals surface area (Å²) in [5, 5.41) is 5.15. The van der Waals surface area contributed by atoms with E-state index in [-0.39, 0.29) is 12.0 Å². The molecule has 0 aromatic heterocycles.